The number of carbonyl (C=O) groups excluding carboxylic acids is 1. The van der Waals surface area contributed by atoms with E-state index in [4.69, 9.17) is 23.2 Å². The Morgan fingerprint density at radius 1 is 1.11 bits per heavy atom. The first-order valence-corrected chi connectivity index (χ1v) is 10.0. The van der Waals surface area contributed by atoms with Crippen LogP contribution in [0.15, 0.2) is 48.5 Å². The van der Waals surface area contributed by atoms with Crippen molar-refractivity contribution in [1.82, 2.24) is 9.78 Å². The van der Waals surface area contributed by atoms with E-state index in [0.29, 0.717) is 22.5 Å². The summed E-state index contributed by atoms with van der Waals surface area (Å²) in [4.78, 5) is 12.7. The van der Waals surface area contributed by atoms with Crippen LogP contribution >= 0.6 is 23.2 Å². The number of nitrogens with zero attached hydrogens (tertiary/aromatic N) is 2. The quantitative estimate of drug-likeness (QED) is 0.591. The third-order valence-corrected chi connectivity index (χ3v) is 6.06. The van der Waals surface area contributed by atoms with Crippen molar-refractivity contribution in [2.75, 3.05) is 5.32 Å². The summed E-state index contributed by atoms with van der Waals surface area (Å²) in [6, 6.07) is 15.6. The van der Waals surface area contributed by atoms with Crippen LogP contribution in [0.25, 0.3) is 0 Å². The molecule has 4 rings (SSSR count). The highest BCUT2D eigenvalue weighted by Gasteiger charge is 2.44. The molecule has 28 heavy (non-hydrogen) atoms. The Morgan fingerprint density at radius 3 is 2.46 bits per heavy atom. The molecule has 0 aliphatic heterocycles. The Hall–Kier alpha value is -2.30. The Morgan fingerprint density at radius 2 is 1.79 bits per heavy atom. The van der Waals surface area contributed by atoms with Crippen molar-refractivity contribution in [3.05, 3.63) is 81.1 Å². The van der Waals surface area contributed by atoms with Gasteiger partial charge in [0, 0.05) is 21.5 Å². The molecule has 0 saturated heterocycles. The molecule has 6 heteroatoms. The van der Waals surface area contributed by atoms with Crippen LogP contribution < -0.4 is 5.32 Å². The maximum absolute atomic E-state index is 12.7. The van der Waals surface area contributed by atoms with E-state index in [1.165, 1.54) is 5.56 Å². The summed E-state index contributed by atoms with van der Waals surface area (Å²) in [5.41, 5.74) is 4.48. The second kappa shape index (κ2) is 7.61. The minimum atomic E-state index is 0.0163. The molecule has 2 atom stereocenters. The van der Waals surface area contributed by atoms with Crippen molar-refractivity contribution in [1.29, 1.82) is 0 Å². The van der Waals surface area contributed by atoms with E-state index in [1.54, 1.807) is 0 Å². The van der Waals surface area contributed by atoms with Gasteiger partial charge in [-0.05, 0) is 43.9 Å². The molecule has 1 heterocycles. The van der Waals surface area contributed by atoms with Gasteiger partial charge in [-0.2, -0.15) is 5.10 Å². The van der Waals surface area contributed by atoms with Crippen LogP contribution in [0.1, 0.15) is 34.9 Å². The molecule has 1 fully saturated rings. The predicted molar refractivity (Wildman–Crippen MR) is 113 cm³/mol. The summed E-state index contributed by atoms with van der Waals surface area (Å²) in [6.45, 7) is 4.30. The van der Waals surface area contributed by atoms with Crippen molar-refractivity contribution in [3.8, 4) is 0 Å². The number of anilines is 1. The van der Waals surface area contributed by atoms with E-state index in [2.05, 4.69) is 22.5 Å². The molecule has 1 aliphatic carbocycles. The third-order valence-electron chi connectivity index (χ3n) is 5.35. The van der Waals surface area contributed by atoms with Gasteiger partial charge in [-0.3, -0.25) is 9.48 Å². The second-order valence-electron chi connectivity index (χ2n) is 7.25. The lowest BCUT2D eigenvalue weighted by Gasteiger charge is -2.10. The average molecular weight is 414 g/mol. The minimum absolute atomic E-state index is 0.0163. The van der Waals surface area contributed by atoms with Crippen LogP contribution in [0.4, 0.5) is 5.69 Å². The average Bonchev–Trinajstić information content (AvgIpc) is 3.44. The normalized spacial score (nSPS) is 18.1. The van der Waals surface area contributed by atoms with Crippen molar-refractivity contribution >= 4 is 34.8 Å². The first kappa shape index (κ1) is 19.0. The van der Waals surface area contributed by atoms with E-state index >= 15 is 0 Å². The molecule has 3 aromatic rings. The lowest BCUT2D eigenvalue weighted by molar-refractivity contribution is -0.117. The summed E-state index contributed by atoms with van der Waals surface area (Å²) in [5, 5.41) is 8.88. The standard InChI is InChI=1S/C22H21Cl2N3O/c1-13-21(25-22(28)17-11-16(17)15-7-4-3-5-8-15)14(2)27(26-13)12-18-19(23)9-6-10-20(18)24/h3-10,16-17H,11-12H2,1-2H3,(H,25,28). The number of amides is 1. The van der Waals surface area contributed by atoms with Gasteiger partial charge in [0.15, 0.2) is 0 Å². The Bertz CT molecular complexity index is 1010. The van der Waals surface area contributed by atoms with Crippen molar-refractivity contribution in [3.63, 3.8) is 0 Å². The number of nitrogens with one attached hydrogen (secondary N) is 1. The minimum Gasteiger partial charge on any atom is -0.323 e. The van der Waals surface area contributed by atoms with Crippen LogP contribution in [0.2, 0.25) is 10.0 Å². The number of aryl methyl sites for hydroxylation is 1. The number of carbonyl (C=O) groups is 1. The van der Waals surface area contributed by atoms with Crippen molar-refractivity contribution in [2.24, 2.45) is 5.92 Å². The van der Waals surface area contributed by atoms with Gasteiger partial charge in [0.05, 0.1) is 23.6 Å². The largest absolute Gasteiger partial charge is 0.323 e. The van der Waals surface area contributed by atoms with Crippen LogP contribution in [-0.2, 0) is 11.3 Å². The lowest BCUT2D eigenvalue weighted by atomic mass is 10.1. The molecule has 1 N–H and O–H groups in total. The fourth-order valence-corrected chi connectivity index (χ4v) is 4.15. The maximum Gasteiger partial charge on any atom is 0.228 e. The van der Waals surface area contributed by atoms with Gasteiger partial charge in [0.1, 0.15) is 0 Å². The van der Waals surface area contributed by atoms with Gasteiger partial charge < -0.3 is 5.32 Å². The molecule has 1 aromatic heterocycles. The fourth-order valence-electron chi connectivity index (χ4n) is 3.63. The molecule has 1 amide bonds. The molecule has 1 saturated carbocycles. The zero-order valence-electron chi connectivity index (χ0n) is 15.7. The van der Waals surface area contributed by atoms with Crippen LogP contribution in [0.5, 0.6) is 0 Å². The van der Waals surface area contributed by atoms with Gasteiger partial charge in [-0.1, -0.05) is 59.6 Å². The zero-order valence-corrected chi connectivity index (χ0v) is 17.3. The Kier molecular flexibility index (Phi) is 5.17. The van der Waals surface area contributed by atoms with Crippen LogP contribution in [0.3, 0.4) is 0 Å². The molecule has 0 radical (unpaired) electrons. The zero-order chi connectivity index (χ0) is 19.8. The smallest absolute Gasteiger partial charge is 0.228 e. The highest BCUT2D eigenvalue weighted by Crippen LogP contribution is 2.48. The highest BCUT2D eigenvalue weighted by atomic mass is 35.5. The second-order valence-corrected chi connectivity index (χ2v) is 8.07. The molecule has 2 aromatic carbocycles. The number of aromatic nitrogens is 2. The summed E-state index contributed by atoms with van der Waals surface area (Å²) < 4.78 is 1.83. The van der Waals surface area contributed by atoms with Crippen LogP contribution in [0, 0.1) is 19.8 Å². The number of rotatable bonds is 5. The predicted octanol–water partition coefficient (Wildman–Crippen LogP) is 5.60. The van der Waals surface area contributed by atoms with Gasteiger partial charge in [0.25, 0.3) is 0 Å². The number of halogens is 2. The molecule has 0 bridgehead atoms. The monoisotopic (exact) mass is 413 g/mol. The summed E-state index contributed by atoms with van der Waals surface area (Å²) in [5.74, 6) is 0.372. The number of hydrogen-bond acceptors (Lipinski definition) is 2. The summed E-state index contributed by atoms with van der Waals surface area (Å²) in [7, 11) is 0. The van der Waals surface area contributed by atoms with Gasteiger partial charge >= 0.3 is 0 Å². The molecule has 4 nitrogen and oxygen atoms in total. The Labute approximate surface area is 174 Å². The SMILES string of the molecule is Cc1nn(Cc2c(Cl)cccc2Cl)c(C)c1NC(=O)C1CC1c1ccccc1. The number of hydrogen-bond donors (Lipinski definition) is 1. The summed E-state index contributed by atoms with van der Waals surface area (Å²) >= 11 is 12.6. The van der Waals surface area contributed by atoms with Gasteiger partial charge in [0.2, 0.25) is 5.91 Å². The molecular weight excluding hydrogens is 393 g/mol. The molecule has 1 aliphatic rings. The Balaban J connectivity index is 1.50. The molecular formula is C22H21Cl2N3O. The maximum atomic E-state index is 12.7. The van der Waals surface area contributed by atoms with E-state index in [-0.39, 0.29) is 11.8 Å². The van der Waals surface area contributed by atoms with E-state index in [9.17, 15) is 4.79 Å². The van der Waals surface area contributed by atoms with Crippen LogP contribution in [-0.4, -0.2) is 15.7 Å². The highest BCUT2D eigenvalue weighted by molar-refractivity contribution is 6.35. The van der Waals surface area contributed by atoms with E-state index in [0.717, 1.165) is 29.1 Å². The molecule has 144 valence electrons. The first-order valence-electron chi connectivity index (χ1n) is 9.28. The van der Waals surface area contributed by atoms with Crippen molar-refractivity contribution < 1.29 is 4.79 Å². The van der Waals surface area contributed by atoms with E-state index < -0.39 is 0 Å². The third kappa shape index (κ3) is 3.67. The van der Waals surface area contributed by atoms with Gasteiger partial charge in [-0.25, -0.2) is 0 Å². The van der Waals surface area contributed by atoms with Gasteiger partial charge in [-0.15, -0.1) is 0 Å². The lowest BCUT2D eigenvalue weighted by Crippen LogP contribution is -2.16. The topological polar surface area (TPSA) is 46.9 Å². The fraction of sp³-hybridized carbons (Fsp3) is 0.273. The first-order chi connectivity index (χ1) is 13.5. The van der Waals surface area contributed by atoms with E-state index in [1.807, 2.05) is 54.9 Å². The number of benzene rings is 2. The van der Waals surface area contributed by atoms with Crippen molar-refractivity contribution in [2.45, 2.75) is 32.7 Å². The summed E-state index contributed by atoms with van der Waals surface area (Å²) in [6.07, 6.45) is 0.886. The molecule has 2 unspecified atom stereocenters. The molecule has 0 spiro atoms.